The van der Waals surface area contributed by atoms with Crippen molar-refractivity contribution >= 4 is 5.97 Å². The highest BCUT2D eigenvalue weighted by atomic mass is 16.4. The van der Waals surface area contributed by atoms with Crippen LogP contribution in [0.3, 0.4) is 0 Å². The number of hydrogen-bond acceptors (Lipinski definition) is 1. The lowest BCUT2D eigenvalue weighted by molar-refractivity contribution is -0.137. The summed E-state index contributed by atoms with van der Waals surface area (Å²) in [5.41, 5.74) is 0. The summed E-state index contributed by atoms with van der Waals surface area (Å²) in [6, 6.07) is 0. The Bertz CT molecular complexity index is 561. The molecule has 0 aliphatic carbocycles. The summed E-state index contributed by atoms with van der Waals surface area (Å²) in [5, 5.41) is 8.58. The van der Waals surface area contributed by atoms with E-state index in [1.807, 2.05) is 0 Å². The van der Waals surface area contributed by atoms with E-state index in [1.165, 1.54) is 38.5 Å². The van der Waals surface area contributed by atoms with Crippen LogP contribution in [0.5, 0.6) is 0 Å². The monoisotopic (exact) mass is 426 g/mol. The third-order valence-electron chi connectivity index (χ3n) is 4.86. The topological polar surface area (TPSA) is 37.3 Å². The third-order valence-corrected chi connectivity index (χ3v) is 4.86. The smallest absolute Gasteiger partial charge is 0.303 e. The van der Waals surface area contributed by atoms with Crippen LogP contribution in [0.1, 0.15) is 103 Å². The normalized spacial score (nSPS) is 12.8. The molecule has 0 heterocycles. The molecule has 174 valence electrons. The van der Waals surface area contributed by atoms with Gasteiger partial charge in [0.1, 0.15) is 0 Å². The number of carboxylic acid groups (broad SMARTS) is 1. The van der Waals surface area contributed by atoms with Crippen LogP contribution in [0.2, 0.25) is 0 Å². The van der Waals surface area contributed by atoms with Gasteiger partial charge in [-0.05, 0) is 57.8 Å². The highest BCUT2D eigenvalue weighted by molar-refractivity contribution is 5.66. The fraction of sp³-hybridized carbons (Fsp3) is 0.552. The average Bonchev–Trinajstić information content (AvgIpc) is 2.76. The number of aliphatic carboxylic acids is 1. The molecule has 0 atom stereocenters. The number of hydrogen-bond donors (Lipinski definition) is 1. The minimum Gasteiger partial charge on any atom is -0.481 e. The lowest BCUT2D eigenvalue weighted by Crippen LogP contribution is -1.93. The molecule has 0 unspecified atom stereocenters. The van der Waals surface area contributed by atoms with Gasteiger partial charge in [0.25, 0.3) is 0 Å². The molecule has 0 aliphatic rings. The number of carboxylic acids is 1. The summed E-state index contributed by atoms with van der Waals surface area (Å²) in [6.45, 7) is 2.16. The van der Waals surface area contributed by atoms with Gasteiger partial charge < -0.3 is 5.11 Å². The maximum Gasteiger partial charge on any atom is 0.303 e. The van der Waals surface area contributed by atoms with Crippen molar-refractivity contribution in [2.45, 2.75) is 103 Å². The number of allylic oxidation sites excluding steroid dienone is 12. The van der Waals surface area contributed by atoms with Gasteiger partial charge in [-0.15, -0.1) is 0 Å². The summed E-state index contributed by atoms with van der Waals surface area (Å²) in [4.78, 5) is 10.4. The van der Waals surface area contributed by atoms with E-state index in [-0.39, 0.29) is 0 Å². The van der Waals surface area contributed by atoms with Crippen molar-refractivity contribution < 1.29 is 9.90 Å². The summed E-state index contributed by atoms with van der Waals surface area (Å²) < 4.78 is 0. The first-order chi connectivity index (χ1) is 15.3. The second kappa shape index (κ2) is 25.9. The molecule has 2 nitrogen and oxygen atoms in total. The lowest BCUT2D eigenvalue weighted by Gasteiger charge is -2.00. The van der Waals surface area contributed by atoms with Crippen LogP contribution in [-0.4, -0.2) is 11.1 Å². The Labute approximate surface area is 192 Å². The molecule has 0 aromatic heterocycles. The first-order valence-corrected chi connectivity index (χ1v) is 12.4. The van der Waals surface area contributed by atoms with Crippen LogP contribution in [0.4, 0.5) is 0 Å². The minimum atomic E-state index is -0.670. The first kappa shape index (κ1) is 28.9. The fourth-order valence-corrected chi connectivity index (χ4v) is 3.06. The first-order valence-electron chi connectivity index (χ1n) is 12.4. The highest BCUT2D eigenvalue weighted by Gasteiger charge is 1.96. The second-order valence-electron chi connectivity index (χ2n) is 7.82. The van der Waals surface area contributed by atoms with E-state index in [1.54, 1.807) is 0 Å². The summed E-state index contributed by atoms with van der Waals surface area (Å²) in [5.74, 6) is -0.670. The van der Waals surface area contributed by atoms with E-state index in [0.29, 0.717) is 6.42 Å². The van der Waals surface area contributed by atoms with Crippen molar-refractivity contribution in [1.82, 2.24) is 0 Å². The average molecular weight is 427 g/mol. The van der Waals surface area contributed by atoms with Crippen LogP contribution >= 0.6 is 0 Å². The van der Waals surface area contributed by atoms with Gasteiger partial charge in [-0.1, -0.05) is 112 Å². The van der Waals surface area contributed by atoms with Crippen LogP contribution in [0.25, 0.3) is 0 Å². The summed E-state index contributed by atoms with van der Waals surface area (Å²) in [7, 11) is 0. The molecule has 2 heteroatoms. The van der Waals surface area contributed by atoms with Gasteiger partial charge >= 0.3 is 5.97 Å². The zero-order valence-electron chi connectivity index (χ0n) is 19.9. The fourth-order valence-electron chi connectivity index (χ4n) is 3.06. The third kappa shape index (κ3) is 27.9. The molecule has 1 N–H and O–H groups in total. The van der Waals surface area contributed by atoms with Crippen molar-refractivity contribution in [3.8, 4) is 0 Å². The molecular formula is C29H46O2. The minimum absolute atomic E-state index is 0.322. The molecule has 0 aliphatic heterocycles. The van der Waals surface area contributed by atoms with E-state index in [2.05, 4.69) is 79.8 Å². The van der Waals surface area contributed by atoms with Gasteiger partial charge in [0, 0.05) is 6.42 Å². The highest BCUT2D eigenvalue weighted by Crippen LogP contribution is 2.10. The molecule has 31 heavy (non-hydrogen) atoms. The standard InChI is InChI=1S/C29H46O2/c1-2-3-4-5-6-7-8-9-10-11-12-13-14-15-16-17-18-19-20-21-22-23-24-25-26-27-28-29(30)31/h3-4,6-7,9-10,12-13,15-16,18-19H,2,5,8,11,14,17,20-28H2,1H3,(H,30,31)/b4-3-,7-6-,10-9-,13-12-,16-15-,19-18-. The zero-order valence-corrected chi connectivity index (χ0v) is 19.9. The van der Waals surface area contributed by atoms with Crippen LogP contribution in [0.15, 0.2) is 72.9 Å². The second-order valence-corrected chi connectivity index (χ2v) is 7.82. The maximum absolute atomic E-state index is 10.4. The Hall–Kier alpha value is -2.09. The van der Waals surface area contributed by atoms with Crippen molar-refractivity contribution in [2.24, 2.45) is 0 Å². The predicted molar refractivity (Wildman–Crippen MR) is 137 cm³/mol. The van der Waals surface area contributed by atoms with Crippen LogP contribution < -0.4 is 0 Å². The summed E-state index contributed by atoms with van der Waals surface area (Å²) in [6.07, 6.45) is 42.7. The van der Waals surface area contributed by atoms with Gasteiger partial charge in [-0.25, -0.2) is 0 Å². The van der Waals surface area contributed by atoms with Gasteiger partial charge in [0.05, 0.1) is 0 Å². The molecule has 0 fully saturated rings. The van der Waals surface area contributed by atoms with Crippen molar-refractivity contribution in [1.29, 1.82) is 0 Å². The molecule has 0 aromatic rings. The zero-order chi connectivity index (χ0) is 22.7. The Morgan fingerprint density at radius 2 is 0.871 bits per heavy atom. The molecule has 0 radical (unpaired) electrons. The summed E-state index contributed by atoms with van der Waals surface area (Å²) >= 11 is 0. The largest absolute Gasteiger partial charge is 0.481 e. The quantitative estimate of drug-likeness (QED) is 0.147. The van der Waals surface area contributed by atoms with Crippen molar-refractivity contribution in [2.75, 3.05) is 0 Å². The Morgan fingerprint density at radius 1 is 0.516 bits per heavy atom. The van der Waals surface area contributed by atoms with Gasteiger partial charge in [-0.2, -0.15) is 0 Å². The van der Waals surface area contributed by atoms with Gasteiger partial charge in [0.15, 0.2) is 0 Å². The van der Waals surface area contributed by atoms with E-state index in [9.17, 15) is 4.79 Å². The maximum atomic E-state index is 10.4. The molecule has 0 spiro atoms. The SMILES string of the molecule is CC/C=C\C/C=C\C/C=C\C/C=C\C/C=C\C/C=C\CCCCCCCCCC(=O)O. The number of rotatable bonds is 21. The number of carbonyl (C=O) groups is 1. The van der Waals surface area contributed by atoms with E-state index >= 15 is 0 Å². The Kier molecular flexibility index (Phi) is 24.2. The molecule has 0 saturated carbocycles. The Morgan fingerprint density at radius 3 is 1.29 bits per heavy atom. The van der Waals surface area contributed by atoms with E-state index < -0.39 is 5.97 Å². The van der Waals surface area contributed by atoms with Crippen LogP contribution in [-0.2, 0) is 4.79 Å². The molecule has 0 amide bonds. The lowest BCUT2D eigenvalue weighted by atomic mass is 10.1. The van der Waals surface area contributed by atoms with Gasteiger partial charge in [-0.3, -0.25) is 4.79 Å². The molecule has 0 rings (SSSR count). The van der Waals surface area contributed by atoms with Crippen molar-refractivity contribution in [3.05, 3.63) is 72.9 Å². The predicted octanol–water partition coefficient (Wildman–Crippen LogP) is 9.28. The van der Waals surface area contributed by atoms with Gasteiger partial charge in [0.2, 0.25) is 0 Å². The van der Waals surface area contributed by atoms with Crippen molar-refractivity contribution in [3.63, 3.8) is 0 Å². The van der Waals surface area contributed by atoms with E-state index in [0.717, 1.165) is 51.4 Å². The van der Waals surface area contributed by atoms with E-state index in [4.69, 9.17) is 5.11 Å². The number of unbranched alkanes of at least 4 members (excludes halogenated alkanes) is 7. The molecule has 0 saturated heterocycles. The molecular weight excluding hydrogens is 380 g/mol. The Balaban J connectivity index is 3.40. The molecule has 0 bridgehead atoms. The molecule has 0 aromatic carbocycles. The van der Waals surface area contributed by atoms with Crippen LogP contribution in [0, 0.1) is 0 Å².